The van der Waals surface area contributed by atoms with Crippen molar-refractivity contribution in [2.45, 2.75) is 12.5 Å². The van der Waals surface area contributed by atoms with E-state index in [4.69, 9.17) is 11.6 Å². The first-order valence-corrected chi connectivity index (χ1v) is 5.25. The van der Waals surface area contributed by atoms with Crippen LogP contribution in [0.2, 0.25) is 5.02 Å². The minimum atomic E-state index is -0.596. The molecule has 0 aliphatic carbocycles. The molecule has 1 aromatic rings. The summed E-state index contributed by atoms with van der Waals surface area (Å²) in [5.74, 6) is -0.0216. The van der Waals surface area contributed by atoms with Crippen molar-refractivity contribution in [2.24, 2.45) is 5.92 Å². The van der Waals surface area contributed by atoms with Crippen LogP contribution >= 0.6 is 11.6 Å². The van der Waals surface area contributed by atoms with E-state index in [-0.39, 0.29) is 11.8 Å². The predicted molar refractivity (Wildman–Crippen MR) is 57.5 cm³/mol. The van der Waals surface area contributed by atoms with Crippen LogP contribution in [0.5, 0.6) is 0 Å². The van der Waals surface area contributed by atoms with Crippen molar-refractivity contribution < 1.29 is 9.90 Å². The Labute approximate surface area is 93.1 Å². The van der Waals surface area contributed by atoms with E-state index in [2.05, 4.69) is 5.32 Å². The number of hydrogen-bond acceptors (Lipinski definition) is 2. The molecule has 1 fully saturated rings. The molecule has 3 nitrogen and oxygen atoms in total. The number of amides is 1. The molecule has 1 aliphatic rings. The lowest BCUT2D eigenvalue weighted by molar-refractivity contribution is -0.119. The summed E-state index contributed by atoms with van der Waals surface area (Å²) >= 11 is 5.75. The van der Waals surface area contributed by atoms with Crippen molar-refractivity contribution in [3.63, 3.8) is 0 Å². The van der Waals surface area contributed by atoms with Crippen molar-refractivity contribution >= 4 is 17.5 Å². The van der Waals surface area contributed by atoms with Gasteiger partial charge in [-0.15, -0.1) is 0 Å². The summed E-state index contributed by atoms with van der Waals surface area (Å²) < 4.78 is 0. The molecular formula is C11H12ClNO2. The molecule has 1 aromatic carbocycles. The Morgan fingerprint density at radius 3 is 2.60 bits per heavy atom. The molecule has 1 aliphatic heterocycles. The maximum atomic E-state index is 11.0. The van der Waals surface area contributed by atoms with E-state index < -0.39 is 6.10 Å². The normalized spacial score (nSPS) is 22.5. The molecule has 80 valence electrons. The predicted octanol–water partition coefficient (Wildman–Crippen LogP) is 1.51. The summed E-state index contributed by atoms with van der Waals surface area (Å²) in [6.45, 7) is 0.544. The van der Waals surface area contributed by atoms with Crippen LogP contribution in [0.3, 0.4) is 0 Å². The average molecular weight is 226 g/mol. The van der Waals surface area contributed by atoms with Gasteiger partial charge in [-0.3, -0.25) is 4.79 Å². The Balaban J connectivity index is 2.10. The van der Waals surface area contributed by atoms with Gasteiger partial charge in [0.1, 0.15) is 0 Å². The van der Waals surface area contributed by atoms with E-state index in [1.54, 1.807) is 24.3 Å². The van der Waals surface area contributed by atoms with Gasteiger partial charge in [-0.1, -0.05) is 23.7 Å². The quantitative estimate of drug-likeness (QED) is 0.802. The lowest BCUT2D eigenvalue weighted by Crippen LogP contribution is -2.17. The molecule has 2 rings (SSSR count). The molecule has 2 unspecified atom stereocenters. The number of aliphatic hydroxyl groups is 1. The molecule has 4 heteroatoms. The number of hydrogen-bond donors (Lipinski definition) is 2. The van der Waals surface area contributed by atoms with E-state index in [0.29, 0.717) is 18.0 Å². The number of carbonyl (C=O) groups excluding carboxylic acids is 1. The third kappa shape index (κ3) is 2.30. The Morgan fingerprint density at radius 1 is 1.40 bits per heavy atom. The summed E-state index contributed by atoms with van der Waals surface area (Å²) in [6.07, 6.45) is -0.203. The number of nitrogens with one attached hydrogen (secondary N) is 1. The molecule has 1 heterocycles. The molecule has 2 atom stereocenters. The molecule has 0 radical (unpaired) electrons. The zero-order valence-corrected chi connectivity index (χ0v) is 8.87. The van der Waals surface area contributed by atoms with Crippen LogP contribution in [-0.4, -0.2) is 17.6 Å². The minimum Gasteiger partial charge on any atom is -0.388 e. The monoisotopic (exact) mass is 225 g/mol. The van der Waals surface area contributed by atoms with Crippen molar-refractivity contribution in [1.82, 2.24) is 5.32 Å². The molecular weight excluding hydrogens is 214 g/mol. The fourth-order valence-corrected chi connectivity index (χ4v) is 1.91. The van der Waals surface area contributed by atoms with Crippen LogP contribution in [0.4, 0.5) is 0 Å². The van der Waals surface area contributed by atoms with Crippen LogP contribution in [0.25, 0.3) is 0 Å². The standard InChI is InChI=1S/C11H12ClNO2/c12-9-3-1-7(2-4-9)11(15)8-5-10(14)13-6-8/h1-4,8,11,15H,5-6H2,(H,13,14). The Morgan fingerprint density at radius 2 is 2.07 bits per heavy atom. The molecule has 0 bridgehead atoms. The van der Waals surface area contributed by atoms with Gasteiger partial charge in [0, 0.05) is 23.9 Å². The first-order valence-electron chi connectivity index (χ1n) is 4.87. The number of rotatable bonds is 2. The smallest absolute Gasteiger partial charge is 0.220 e. The largest absolute Gasteiger partial charge is 0.388 e. The fourth-order valence-electron chi connectivity index (χ4n) is 1.78. The van der Waals surface area contributed by atoms with Crippen LogP contribution < -0.4 is 5.32 Å². The van der Waals surface area contributed by atoms with Gasteiger partial charge in [0.15, 0.2) is 0 Å². The van der Waals surface area contributed by atoms with E-state index in [0.717, 1.165) is 5.56 Å². The average Bonchev–Trinajstić information content (AvgIpc) is 2.65. The highest BCUT2D eigenvalue weighted by Crippen LogP contribution is 2.27. The minimum absolute atomic E-state index is 0.00742. The van der Waals surface area contributed by atoms with Gasteiger partial charge >= 0.3 is 0 Å². The second kappa shape index (κ2) is 4.21. The number of aliphatic hydroxyl groups excluding tert-OH is 1. The third-order valence-corrected chi connectivity index (χ3v) is 2.92. The maximum absolute atomic E-state index is 11.0. The molecule has 0 spiro atoms. The highest BCUT2D eigenvalue weighted by molar-refractivity contribution is 6.30. The first-order chi connectivity index (χ1) is 7.16. The summed E-state index contributed by atoms with van der Waals surface area (Å²) in [5, 5.41) is 13.3. The highest BCUT2D eigenvalue weighted by atomic mass is 35.5. The maximum Gasteiger partial charge on any atom is 0.220 e. The topological polar surface area (TPSA) is 49.3 Å². The second-order valence-electron chi connectivity index (χ2n) is 3.76. The van der Waals surface area contributed by atoms with Crippen LogP contribution in [0.15, 0.2) is 24.3 Å². The Hall–Kier alpha value is -1.06. The summed E-state index contributed by atoms with van der Waals surface area (Å²) in [6, 6.07) is 7.06. The zero-order valence-electron chi connectivity index (χ0n) is 8.11. The molecule has 1 amide bonds. The SMILES string of the molecule is O=C1CC(C(O)c2ccc(Cl)cc2)CN1. The van der Waals surface area contributed by atoms with Gasteiger partial charge in [0.25, 0.3) is 0 Å². The van der Waals surface area contributed by atoms with Crippen LogP contribution in [-0.2, 0) is 4.79 Å². The van der Waals surface area contributed by atoms with Gasteiger partial charge in [-0.05, 0) is 17.7 Å². The zero-order chi connectivity index (χ0) is 10.8. The lowest BCUT2D eigenvalue weighted by atomic mass is 9.95. The molecule has 2 N–H and O–H groups in total. The van der Waals surface area contributed by atoms with Gasteiger partial charge in [-0.2, -0.15) is 0 Å². The van der Waals surface area contributed by atoms with Crippen molar-refractivity contribution in [2.75, 3.05) is 6.54 Å². The fraction of sp³-hybridized carbons (Fsp3) is 0.364. The van der Waals surface area contributed by atoms with E-state index in [9.17, 15) is 9.90 Å². The second-order valence-corrected chi connectivity index (χ2v) is 4.20. The molecule has 0 saturated carbocycles. The summed E-state index contributed by atoms with van der Waals surface area (Å²) in [4.78, 5) is 11.0. The van der Waals surface area contributed by atoms with E-state index in [1.165, 1.54) is 0 Å². The highest BCUT2D eigenvalue weighted by Gasteiger charge is 2.28. The van der Waals surface area contributed by atoms with Gasteiger partial charge in [-0.25, -0.2) is 0 Å². The third-order valence-electron chi connectivity index (χ3n) is 2.67. The van der Waals surface area contributed by atoms with E-state index in [1.807, 2.05) is 0 Å². The number of halogens is 1. The number of benzene rings is 1. The van der Waals surface area contributed by atoms with Gasteiger partial charge in [0.2, 0.25) is 5.91 Å². The van der Waals surface area contributed by atoms with Crippen molar-refractivity contribution in [3.8, 4) is 0 Å². The van der Waals surface area contributed by atoms with Crippen molar-refractivity contribution in [1.29, 1.82) is 0 Å². The molecule has 0 aromatic heterocycles. The summed E-state index contributed by atoms with van der Waals surface area (Å²) in [7, 11) is 0. The Kier molecular flexibility index (Phi) is 2.93. The molecule has 1 saturated heterocycles. The van der Waals surface area contributed by atoms with Crippen LogP contribution in [0.1, 0.15) is 18.1 Å². The Bertz CT molecular complexity index is 363. The number of carbonyl (C=O) groups is 1. The van der Waals surface area contributed by atoms with Crippen LogP contribution in [0, 0.1) is 5.92 Å². The summed E-state index contributed by atoms with van der Waals surface area (Å²) in [5.41, 5.74) is 0.806. The van der Waals surface area contributed by atoms with Gasteiger partial charge in [0.05, 0.1) is 6.10 Å². The van der Waals surface area contributed by atoms with E-state index >= 15 is 0 Å². The lowest BCUT2D eigenvalue weighted by Gasteiger charge is -2.16. The van der Waals surface area contributed by atoms with Crippen molar-refractivity contribution in [3.05, 3.63) is 34.9 Å². The van der Waals surface area contributed by atoms with Gasteiger partial charge < -0.3 is 10.4 Å². The first kappa shape index (κ1) is 10.5. The molecule has 15 heavy (non-hydrogen) atoms.